The highest BCUT2D eigenvalue weighted by Crippen LogP contribution is 2.25. The second-order valence-corrected chi connectivity index (χ2v) is 4.67. The zero-order valence-corrected chi connectivity index (χ0v) is 10.2. The molecule has 0 bridgehead atoms. The van der Waals surface area contributed by atoms with Crippen molar-refractivity contribution in [2.45, 2.75) is 38.6 Å². The maximum absolute atomic E-state index is 11.9. The highest BCUT2D eigenvalue weighted by atomic mass is 16.5. The zero-order valence-electron chi connectivity index (χ0n) is 10.2. The quantitative estimate of drug-likeness (QED) is 0.672. The lowest BCUT2D eigenvalue weighted by molar-refractivity contribution is -0.124. The summed E-state index contributed by atoms with van der Waals surface area (Å²) in [7, 11) is 3.69. The van der Waals surface area contributed by atoms with Crippen molar-refractivity contribution >= 4 is 5.78 Å². The fraction of sp³-hybridized carbons (Fsp3) is 0.917. The molecule has 1 saturated carbocycles. The highest BCUT2D eigenvalue weighted by Gasteiger charge is 2.24. The fourth-order valence-corrected chi connectivity index (χ4v) is 2.15. The Bertz CT molecular complexity index is 200. The van der Waals surface area contributed by atoms with Crippen LogP contribution in [-0.4, -0.2) is 44.0 Å². The molecule has 0 aliphatic heterocycles. The molecule has 1 atom stereocenters. The van der Waals surface area contributed by atoms with E-state index in [-0.39, 0.29) is 0 Å². The van der Waals surface area contributed by atoms with Crippen LogP contribution < -0.4 is 0 Å². The van der Waals surface area contributed by atoms with Crippen molar-refractivity contribution in [3.8, 4) is 0 Å². The summed E-state index contributed by atoms with van der Waals surface area (Å²) in [5.41, 5.74) is 0. The van der Waals surface area contributed by atoms with Crippen LogP contribution in [0.5, 0.6) is 0 Å². The molecule has 1 aliphatic carbocycles. The summed E-state index contributed by atoms with van der Waals surface area (Å²) in [6.07, 6.45) is 4.66. The van der Waals surface area contributed by atoms with Gasteiger partial charge in [-0.15, -0.1) is 0 Å². The summed E-state index contributed by atoms with van der Waals surface area (Å²) >= 11 is 0. The Balaban J connectivity index is 2.29. The number of Topliss-reactive ketones (excluding diaryl/α,β-unsaturated/α-hetero) is 1. The first-order chi connectivity index (χ1) is 7.15. The van der Waals surface area contributed by atoms with E-state index in [2.05, 4.69) is 11.8 Å². The van der Waals surface area contributed by atoms with Crippen LogP contribution in [0.3, 0.4) is 0 Å². The Labute approximate surface area is 92.8 Å². The maximum Gasteiger partial charge on any atom is 0.149 e. The van der Waals surface area contributed by atoms with Gasteiger partial charge >= 0.3 is 0 Å². The van der Waals surface area contributed by atoms with E-state index in [0.717, 1.165) is 12.8 Å². The first-order valence-electron chi connectivity index (χ1n) is 5.87. The number of methoxy groups -OCH3 is 1. The van der Waals surface area contributed by atoms with Crippen LogP contribution >= 0.6 is 0 Å². The van der Waals surface area contributed by atoms with Crippen LogP contribution in [0.4, 0.5) is 0 Å². The molecule has 0 amide bonds. The smallest absolute Gasteiger partial charge is 0.149 e. The molecule has 88 valence electrons. The van der Waals surface area contributed by atoms with E-state index in [0.29, 0.717) is 30.9 Å². The molecule has 0 spiro atoms. The van der Waals surface area contributed by atoms with Gasteiger partial charge < -0.3 is 4.74 Å². The summed E-state index contributed by atoms with van der Waals surface area (Å²) in [6.45, 7) is 3.36. The largest absolute Gasteiger partial charge is 0.383 e. The number of carbonyl (C=O) groups is 1. The molecule has 3 nitrogen and oxygen atoms in total. The number of likely N-dealkylation sites (N-methyl/N-ethyl adjacent to an activating group) is 1. The summed E-state index contributed by atoms with van der Waals surface area (Å²) in [5.74, 6) is 0.750. The molecule has 0 N–H and O–H groups in total. The summed E-state index contributed by atoms with van der Waals surface area (Å²) < 4.78 is 5.08. The number of nitrogens with zero attached hydrogens (tertiary/aromatic N) is 1. The third-order valence-corrected chi connectivity index (χ3v) is 3.38. The van der Waals surface area contributed by atoms with Gasteiger partial charge in [-0.05, 0) is 26.8 Å². The van der Waals surface area contributed by atoms with Crippen molar-refractivity contribution in [1.82, 2.24) is 4.90 Å². The number of ether oxygens (including phenoxy) is 1. The summed E-state index contributed by atoms with van der Waals surface area (Å²) in [4.78, 5) is 14.0. The van der Waals surface area contributed by atoms with Crippen molar-refractivity contribution in [3.05, 3.63) is 0 Å². The average molecular weight is 213 g/mol. The predicted octanol–water partition coefficient (Wildman–Crippen LogP) is 1.71. The fourth-order valence-electron chi connectivity index (χ4n) is 2.15. The molecule has 15 heavy (non-hydrogen) atoms. The monoisotopic (exact) mass is 213 g/mol. The van der Waals surface area contributed by atoms with Crippen molar-refractivity contribution in [2.75, 3.05) is 27.3 Å². The molecule has 1 unspecified atom stereocenters. The number of hydrogen-bond donors (Lipinski definition) is 0. The van der Waals surface area contributed by atoms with Crippen molar-refractivity contribution < 1.29 is 9.53 Å². The molecule has 0 aromatic rings. The normalized spacial score (nSPS) is 19.7. The van der Waals surface area contributed by atoms with E-state index in [1.165, 1.54) is 12.8 Å². The van der Waals surface area contributed by atoms with E-state index in [1.54, 1.807) is 7.11 Å². The molecule has 1 aliphatic rings. The van der Waals surface area contributed by atoms with Crippen LogP contribution in [0.25, 0.3) is 0 Å². The number of rotatable bonds is 6. The number of carbonyl (C=O) groups excluding carboxylic acids is 1. The molecule has 3 heteroatoms. The average Bonchev–Trinajstić information content (AvgIpc) is 2.70. The van der Waals surface area contributed by atoms with Gasteiger partial charge in [0.1, 0.15) is 5.78 Å². The highest BCUT2D eigenvalue weighted by molar-refractivity contribution is 5.83. The van der Waals surface area contributed by atoms with Crippen molar-refractivity contribution in [2.24, 2.45) is 5.92 Å². The molecular formula is C12H23NO2. The minimum Gasteiger partial charge on any atom is -0.383 e. The van der Waals surface area contributed by atoms with Crippen LogP contribution in [0.1, 0.15) is 32.6 Å². The minimum atomic E-state index is 0.320. The lowest BCUT2D eigenvalue weighted by Gasteiger charge is -2.24. The topological polar surface area (TPSA) is 29.5 Å². The summed E-state index contributed by atoms with van der Waals surface area (Å²) in [6, 6.07) is 0.320. The van der Waals surface area contributed by atoms with Gasteiger partial charge in [0.25, 0.3) is 0 Å². The third-order valence-electron chi connectivity index (χ3n) is 3.38. The van der Waals surface area contributed by atoms with Crippen LogP contribution in [0.2, 0.25) is 0 Å². The Morgan fingerprint density at radius 3 is 2.60 bits per heavy atom. The van der Waals surface area contributed by atoms with E-state index in [1.807, 2.05) is 7.05 Å². The molecule has 0 saturated heterocycles. The second kappa shape index (κ2) is 6.23. The first-order valence-corrected chi connectivity index (χ1v) is 5.87. The first kappa shape index (κ1) is 12.7. The zero-order chi connectivity index (χ0) is 11.3. The third kappa shape index (κ3) is 3.92. The van der Waals surface area contributed by atoms with Gasteiger partial charge in [-0.25, -0.2) is 0 Å². The molecule has 1 rings (SSSR count). The van der Waals surface area contributed by atoms with E-state index < -0.39 is 0 Å². The minimum absolute atomic E-state index is 0.320. The van der Waals surface area contributed by atoms with Crippen LogP contribution in [-0.2, 0) is 9.53 Å². The van der Waals surface area contributed by atoms with Crippen molar-refractivity contribution in [1.29, 1.82) is 0 Å². The van der Waals surface area contributed by atoms with Gasteiger partial charge in [0.15, 0.2) is 0 Å². The second-order valence-electron chi connectivity index (χ2n) is 4.67. The van der Waals surface area contributed by atoms with Gasteiger partial charge in [0.2, 0.25) is 0 Å². The standard InChI is InChI=1S/C12H23NO2/c1-10(9-15-3)13(2)8-12(14)11-6-4-5-7-11/h10-11H,4-9H2,1-3H3. The number of hydrogen-bond acceptors (Lipinski definition) is 3. The molecule has 1 fully saturated rings. The lowest BCUT2D eigenvalue weighted by atomic mass is 10.0. The molecule has 0 radical (unpaired) electrons. The van der Waals surface area contributed by atoms with Gasteiger partial charge in [-0.2, -0.15) is 0 Å². The Kier molecular flexibility index (Phi) is 5.26. The number of ketones is 1. The molecule has 0 aromatic carbocycles. The SMILES string of the molecule is COCC(C)N(C)CC(=O)C1CCCC1. The van der Waals surface area contributed by atoms with E-state index >= 15 is 0 Å². The Hall–Kier alpha value is -0.410. The summed E-state index contributed by atoms with van der Waals surface area (Å²) in [5, 5.41) is 0. The van der Waals surface area contributed by atoms with E-state index in [9.17, 15) is 4.79 Å². The Morgan fingerprint density at radius 2 is 2.07 bits per heavy atom. The van der Waals surface area contributed by atoms with Crippen LogP contribution in [0, 0.1) is 5.92 Å². The van der Waals surface area contributed by atoms with Gasteiger partial charge in [-0.3, -0.25) is 9.69 Å². The lowest BCUT2D eigenvalue weighted by Crippen LogP contribution is -2.38. The maximum atomic E-state index is 11.9. The predicted molar refractivity (Wildman–Crippen MR) is 60.9 cm³/mol. The Morgan fingerprint density at radius 1 is 1.47 bits per heavy atom. The molecular weight excluding hydrogens is 190 g/mol. The van der Waals surface area contributed by atoms with Crippen LogP contribution in [0.15, 0.2) is 0 Å². The van der Waals surface area contributed by atoms with E-state index in [4.69, 9.17) is 4.74 Å². The van der Waals surface area contributed by atoms with Gasteiger partial charge in [0, 0.05) is 19.1 Å². The van der Waals surface area contributed by atoms with Crippen molar-refractivity contribution in [3.63, 3.8) is 0 Å². The van der Waals surface area contributed by atoms with Gasteiger partial charge in [-0.1, -0.05) is 12.8 Å². The van der Waals surface area contributed by atoms with Gasteiger partial charge in [0.05, 0.1) is 13.2 Å². The molecule has 0 aromatic heterocycles. The molecule has 0 heterocycles.